The van der Waals surface area contributed by atoms with Crippen LogP contribution in [-0.4, -0.2) is 32.1 Å². The van der Waals surface area contributed by atoms with E-state index in [0.29, 0.717) is 6.04 Å². The fourth-order valence-corrected chi connectivity index (χ4v) is 3.25. The van der Waals surface area contributed by atoms with E-state index < -0.39 is 0 Å². The number of benzene rings is 1. The molecule has 0 aliphatic carbocycles. The summed E-state index contributed by atoms with van der Waals surface area (Å²) in [6, 6.07) is 7.08. The zero-order valence-electron chi connectivity index (χ0n) is 12.2. The maximum absolute atomic E-state index is 11.1. The molecular formula is C15H22BrN3O. The van der Waals surface area contributed by atoms with Crippen LogP contribution in [0, 0.1) is 0 Å². The fourth-order valence-electron chi connectivity index (χ4n) is 2.60. The summed E-state index contributed by atoms with van der Waals surface area (Å²) in [4.78, 5) is 13.4. The van der Waals surface area contributed by atoms with Crippen LogP contribution in [-0.2, 0) is 4.79 Å². The third kappa shape index (κ3) is 3.52. The molecule has 0 aromatic heterocycles. The molecule has 1 amide bonds. The van der Waals surface area contributed by atoms with E-state index in [2.05, 4.69) is 56.6 Å². The van der Waals surface area contributed by atoms with Crippen molar-refractivity contribution in [1.29, 1.82) is 0 Å². The molecule has 0 radical (unpaired) electrons. The topological polar surface area (TPSA) is 44.4 Å². The quantitative estimate of drug-likeness (QED) is 0.885. The summed E-state index contributed by atoms with van der Waals surface area (Å²) in [7, 11) is 1.96. The third-order valence-corrected chi connectivity index (χ3v) is 4.48. The number of hydrogen-bond acceptors (Lipinski definition) is 3. The zero-order valence-corrected chi connectivity index (χ0v) is 13.8. The molecule has 0 spiro atoms. The maximum Gasteiger partial charge on any atom is 0.217 e. The van der Waals surface area contributed by atoms with Gasteiger partial charge in [0.15, 0.2) is 0 Å². The van der Waals surface area contributed by atoms with Crippen LogP contribution in [0.15, 0.2) is 22.7 Å². The third-order valence-electron chi connectivity index (χ3n) is 3.84. The fraction of sp³-hybridized carbons (Fsp3) is 0.533. The summed E-state index contributed by atoms with van der Waals surface area (Å²) in [6.45, 7) is 5.57. The van der Waals surface area contributed by atoms with Crippen molar-refractivity contribution >= 4 is 27.5 Å². The minimum Gasteiger partial charge on any atom is -0.368 e. The molecule has 0 bridgehead atoms. The zero-order chi connectivity index (χ0) is 14.7. The molecule has 0 saturated carbocycles. The molecule has 4 nitrogen and oxygen atoms in total. The number of nitrogens with zero attached hydrogens (tertiary/aromatic N) is 1. The normalized spacial score (nSPS) is 20.0. The lowest BCUT2D eigenvalue weighted by Crippen LogP contribution is -2.35. The Morgan fingerprint density at radius 1 is 1.50 bits per heavy atom. The van der Waals surface area contributed by atoms with Gasteiger partial charge in [0.05, 0.1) is 5.69 Å². The highest BCUT2D eigenvalue weighted by Crippen LogP contribution is 2.31. The van der Waals surface area contributed by atoms with E-state index >= 15 is 0 Å². The van der Waals surface area contributed by atoms with Gasteiger partial charge in [-0.3, -0.25) is 4.79 Å². The van der Waals surface area contributed by atoms with Gasteiger partial charge in [0.25, 0.3) is 0 Å². The number of halogens is 1. The molecule has 2 N–H and O–H groups in total. The summed E-state index contributed by atoms with van der Waals surface area (Å²) < 4.78 is 1.11. The van der Waals surface area contributed by atoms with Crippen LogP contribution in [0.2, 0.25) is 0 Å². The van der Waals surface area contributed by atoms with Gasteiger partial charge in [0, 0.05) is 36.6 Å². The van der Waals surface area contributed by atoms with E-state index in [1.165, 1.54) is 11.3 Å². The largest absolute Gasteiger partial charge is 0.368 e. The Hall–Kier alpha value is -1.07. The van der Waals surface area contributed by atoms with Crippen LogP contribution in [0.25, 0.3) is 0 Å². The molecule has 2 rings (SSSR count). The van der Waals surface area contributed by atoms with Gasteiger partial charge in [-0.25, -0.2) is 0 Å². The number of hydrogen-bond donors (Lipinski definition) is 2. The smallest absolute Gasteiger partial charge is 0.217 e. The predicted octanol–water partition coefficient (Wildman–Crippen LogP) is 2.44. The molecule has 1 aliphatic rings. The minimum absolute atomic E-state index is 0.0501. The summed E-state index contributed by atoms with van der Waals surface area (Å²) in [5, 5.41) is 6.24. The van der Waals surface area contributed by atoms with Crippen molar-refractivity contribution in [2.75, 3.05) is 25.0 Å². The second-order valence-corrected chi connectivity index (χ2v) is 6.21. The second kappa shape index (κ2) is 6.59. The van der Waals surface area contributed by atoms with Crippen LogP contribution in [0.3, 0.4) is 0 Å². The Kier molecular flexibility index (Phi) is 5.05. The number of nitrogens with one attached hydrogen (secondary N) is 2. The van der Waals surface area contributed by atoms with E-state index in [1.807, 2.05) is 7.05 Å². The molecule has 1 aromatic rings. The van der Waals surface area contributed by atoms with Gasteiger partial charge in [-0.2, -0.15) is 0 Å². The van der Waals surface area contributed by atoms with Crippen molar-refractivity contribution < 1.29 is 4.79 Å². The molecule has 2 unspecified atom stereocenters. The van der Waals surface area contributed by atoms with Crippen LogP contribution >= 0.6 is 15.9 Å². The average Bonchev–Trinajstić information content (AvgIpc) is 2.85. The monoisotopic (exact) mass is 339 g/mol. The van der Waals surface area contributed by atoms with Gasteiger partial charge >= 0.3 is 0 Å². The second-order valence-electron chi connectivity index (χ2n) is 5.35. The molecule has 1 saturated heterocycles. The van der Waals surface area contributed by atoms with Gasteiger partial charge in [-0.1, -0.05) is 6.07 Å². The molecule has 1 fully saturated rings. The first-order valence-corrected chi connectivity index (χ1v) is 7.79. The highest BCUT2D eigenvalue weighted by Gasteiger charge is 2.24. The van der Waals surface area contributed by atoms with Crippen molar-refractivity contribution in [3.8, 4) is 0 Å². The standard InChI is InChI=1S/C15H22BrN3O/c1-10(17-3)12-4-5-15(14(16)8-12)19-7-6-13(9-19)18-11(2)20/h4-5,8,10,13,17H,6-7,9H2,1-3H3,(H,18,20). The Morgan fingerprint density at radius 2 is 2.25 bits per heavy atom. The number of carbonyl (C=O) groups excluding carboxylic acids is 1. The minimum atomic E-state index is 0.0501. The predicted molar refractivity (Wildman–Crippen MR) is 86.1 cm³/mol. The first kappa shape index (κ1) is 15.3. The van der Waals surface area contributed by atoms with Gasteiger partial charge in [-0.15, -0.1) is 0 Å². The van der Waals surface area contributed by atoms with E-state index in [9.17, 15) is 4.79 Å². The van der Waals surface area contributed by atoms with E-state index in [4.69, 9.17) is 0 Å². The van der Waals surface area contributed by atoms with E-state index in [1.54, 1.807) is 6.92 Å². The van der Waals surface area contributed by atoms with Gasteiger partial charge in [0.1, 0.15) is 0 Å². The Morgan fingerprint density at radius 3 is 2.85 bits per heavy atom. The Bertz CT molecular complexity index is 492. The van der Waals surface area contributed by atoms with Gasteiger partial charge < -0.3 is 15.5 Å². The highest BCUT2D eigenvalue weighted by atomic mass is 79.9. The van der Waals surface area contributed by atoms with Crippen molar-refractivity contribution in [2.45, 2.75) is 32.4 Å². The summed E-state index contributed by atoms with van der Waals surface area (Å²) >= 11 is 3.67. The lowest BCUT2D eigenvalue weighted by atomic mass is 10.1. The van der Waals surface area contributed by atoms with Crippen molar-refractivity contribution in [3.63, 3.8) is 0 Å². The van der Waals surface area contributed by atoms with Crippen molar-refractivity contribution in [3.05, 3.63) is 28.2 Å². The van der Waals surface area contributed by atoms with Crippen molar-refractivity contribution in [2.24, 2.45) is 0 Å². The molecule has 20 heavy (non-hydrogen) atoms. The Labute approximate surface area is 129 Å². The van der Waals surface area contributed by atoms with Gasteiger partial charge in [-0.05, 0) is 54.0 Å². The average molecular weight is 340 g/mol. The first-order valence-electron chi connectivity index (χ1n) is 7.00. The SMILES string of the molecule is CNC(C)c1ccc(N2CCC(NC(C)=O)C2)c(Br)c1. The van der Waals surface area contributed by atoms with Crippen LogP contribution in [0.1, 0.15) is 31.9 Å². The van der Waals surface area contributed by atoms with Crippen molar-refractivity contribution in [1.82, 2.24) is 10.6 Å². The van der Waals surface area contributed by atoms with Gasteiger partial charge in [0.2, 0.25) is 5.91 Å². The lowest BCUT2D eigenvalue weighted by Gasteiger charge is -2.22. The molecule has 2 atom stereocenters. The highest BCUT2D eigenvalue weighted by molar-refractivity contribution is 9.10. The molecule has 110 valence electrons. The molecule has 1 aliphatic heterocycles. The Balaban J connectivity index is 2.08. The summed E-state index contributed by atoms with van der Waals surface area (Å²) in [5.74, 6) is 0.0501. The van der Waals surface area contributed by atoms with E-state index in [0.717, 1.165) is 24.0 Å². The maximum atomic E-state index is 11.1. The molecule has 5 heteroatoms. The number of rotatable bonds is 4. The first-order chi connectivity index (χ1) is 9.51. The van der Waals surface area contributed by atoms with E-state index in [-0.39, 0.29) is 11.9 Å². The lowest BCUT2D eigenvalue weighted by molar-refractivity contribution is -0.119. The summed E-state index contributed by atoms with van der Waals surface area (Å²) in [6.07, 6.45) is 1.00. The van der Waals surface area contributed by atoms with Crippen LogP contribution in [0.5, 0.6) is 0 Å². The number of anilines is 1. The summed E-state index contributed by atoms with van der Waals surface area (Å²) in [5.41, 5.74) is 2.46. The molecule has 1 aromatic carbocycles. The number of amides is 1. The van der Waals surface area contributed by atoms with Crippen LogP contribution in [0.4, 0.5) is 5.69 Å². The molecular weight excluding hydrogens is 318 g/mol. The van der Waals surface area contributed by atoms with Crippen LogP contribution < -0.4 is 15.5 Å². The molecule has 1 heterocycles. The number of carbonyl (C=O) groups is 1.